The molecule has 0 spiro atoms. The first-order valence-electron chi connectivity index (χ1n) is 13.9. The predicted octanol–water partition coefficient (Wildman–Crippen LogP) is 4.09. The minimum Gasteiger partial charge on any atom is -0.379 e. The molecule has 1 amide bonds. The molecule has 0 aliphatic carbocycles. The van der Waals surface area contributed by atoms with E-state index in [-0.39, 0.29) is 11.7 Å². The van der Waals surface area contributed by atoms with Gasteiger partial charge in [-0.3, -0.25) is 14.4 Å². The van der Waals surface area contributed by atoms with E-state index in [1.807, 2.05) is 6.07 Å². The first kappa shape index (κ1) is 28.7. The average Bonchev–Trinajstić information content (AvgIpc) is 2.87. The van der Waals surface area contributed by atoms with Gasteiger partial charge in [-0.15, -0.1) is 0 Å². The maximum absolute atomic E-state index is 13.3. The van der Waals surface area contributed by atoms with Crippen LogP contribution in [-0.4, -0.2) is 77.5 Å². The molecule has 204 valence electrons. The molecule has 3 rings (SSSR count). The van der Waals surface area contributed by atoms with Crippen molar-refractivity contribution in [2.24, 2.45) is 5.92 Å². The van der Waals surface area contributed by atoms with Gasteiger partial charge in [-0.1, -0.05) is 46.0 Å². The maximum atomic E-state index is 13.3. The third-order valence-corrected chi connectivity index (χ3v) is 8.60. The normalized spacial score (nSPS) is 17.8. The van der Waals surface area contributed by atoms with Crippen LogP contribution in [0.3, 0.4) is 0 Å². The zero-order chi connectivity index (χ0) is 25.8. The number of benzene rings is 1. The molecular formula is C27H46N4O4S. The van der Waals surface area contributed by atoms with Gasteiger partial charge >= 0.3 is 0 Å². The number of anilines is 2. The van der Waals surface area contributed by atoms with E-state index in [0.29, 0.717) is 30.1 Å². The summed E-state index contributed by atoms with van der Waals surface area (Å²) in [6.07, 6.45) is 8.35. The molecule has 0 atom stereocenters. The molecule has 2 fully saturated rings. The Bertz CT molecular complexity index is 910. The molecule has 1 aromatic carbocycles. The minimum absolute atomic E-state index is 0.103. The lowest BCUT2D eigenvalue weighted by Gasteiger charge is -2.33. The van der Waals surface area contributed by atoms with Crippen molar-refractivity contribution in [1.82, 2.24) is 10.2 Å². The van der Waals surface area contributed by atoms with E-state index in [9.17, 15) is 13.2 Å². The summed E-state index contributed by atoms with van der Waals surface area (Å²) in [6, 6.07) is 5.39. The SMILES string of the molecule is CCCCCCCCS(=O)(=O)Nc1ccc(N2CCC(C)CC2)c(C(=O)NCCN2CCOCC2)c1. The smallest absolute Gasteiger partial charge is 0.253 e. The maximum Gasteiger partial charge on any atom is 0.253 e. The van der Waals surface area contributed by atoms with Gasteiger partial charge in [0.25, 0.3) is 5.91 Å². The van der Waals surface area contributed by atoms with Gasteiger partial charge in [-0.25, -0.2) is 8.42 Å². The van der Waals surface area contributed by atoms with Crippen molar-refractivity contribution >= 4 is 27.3 Å². The summed E-state index contributed by atoms with van der Waals surface area (Å²) in [6.45, 7) is 10.8. The van der Waals surface area contributed by atoms with Crippen LogP contribution in [0.2, 0.25) is 0 Å². The lowest BCUT2D eigenvalue weighted by atomic mass is 9.98. The van der Waals surface area contributed by atoms with Gasteiger partial charge < -0.3 is 15.0 Å². The second-order valence-electron chi connectivity index (χ2n) is 10.3. The quantitative estimate of drug-likeness (QED) is 0.358. The first-order valence-corrected chi connectivity index (χ1v) is 15.5. The number of carbonyl (C=O) groups excluding carboxylic acids is 1. The Morgan fingerprint density at radius 2 is 1.72 bits per heavy atom. The molecule has 2 heterocycles. The van der Waals surface area contributed by atoms with E-state index in [1.165, 1.54) is 12.8 Å². The fraction of sp³-hybridized carbons (Fsp3) is 0.741. The van der Waals surface area contributed by atoms with Crippen molar-refractivity contribution in [3.05, 3.63) is 23.8 Å². The van der Waals surface area contributed by atoms with Gasteiger partial charge in [0.1, 0.15) is 0 Å². The molecule has 0 radical (unpaired) electrons. The summed E-state index contributed by atoms with van der Waals surface area (Å²) in [7, 11) is -3.46. The summed E-state index contributed by atoms with van der Waals surface area (Å²) < 4.78 is 33.5. The highest BCUT2D eigenvalue weighted by atomic mass is 32.2. The molecule has 0 unspecified atom stereocenters. The molecule has 0 bridgehead atoms. The second-order valence-corrected chi connectivity index (χ2v) is 12.1. The van der Waals surface area contributed by atoms with Crippen LogP contribution in [0.1, 0.15) is 75.6 Å². The van der Waals surface area contributed by atoms with E-state index in [0.717, 1.165) is 83.7 Å². The molecule has 2 N–H and O–H groups in total. The van der Waals surface area contributed by atoms with E-state index < -0.39 is 10.0 Å². The summed E-state index contributed by atoms with van der Waals surface area (Å²) in [4.78, 5) is 17.8. The fourth-order valence-electron chi connectivity index (χ4n) is 4.86. The van der Waals surface area contributed by atoms with E-state index in [4.69, 9.17) is 4.74 Å². The zero-order valence-corrected chi connectivity index (χ0v) is 23.1. The van der Waals surface area contributed by atoms with Crippen LogP contribution in [0.15, 0.2) is 18.2 Å². The van der Waals surface area contributed by atoms with E-state index in [2.05, 4.69) is 33.7 Å². The Kier molecular flexibility index (Phi) is 11.8. The Morgan fingerprint density at radius 3 is 2.44 bits per heavy atom. The molecule has 0 saturated carbocycles. The standard InChI is InChI=1S/C27H46N4O4S/c1-3-4-5-6-7-8-21-36(33,34)29-24-9-10-26(31-14-11-23(2)12-15-31)25(22-24)27(32)28-13-16-30-17-19-35-20-18-30/h9-10,22-23,29H,3-8,11-21H2,1-2H3,(H,28,32). The lowest BCUT2D eigenvalue weighted by Crippen LogP contribution is -2.41. The van der Waals surface area contributed by atoms with Crippen LogP contribution >= 0.6 is 0 Å². The largest absolute Gasteiger partial charge is 0.379 e. The molecule has 2 saturated heterocycles. The molecule has 2 aliphatic rings. The summed E-state index contributed by atoms with van der Waals surface area (Å²) in [5.74, 6) is 0.625. The molecular weight excluding hydrogens is 476 g/mol. The van der Waals surface area contributed by atoms with Crippen molar-refractivity contribution in [1.29, 1.82) is 0 Å². The van der Waals surface area contributed by atoms with Crippen LogP contribution in [0.25, 0.3) is 0 Å². The number of ether oxygens (including phenoxy) is 1. The number of sulfonamides is 1. The van der Waals surface area contributed by atoms with Gasteiger partial charge in [0.15, 0.2) is 0 Å². The Morgan fingerprint density at radius 1 is 1.03 bits per heavy atom. The molecule has 2 aliphatic heterocycles. The average molecular weight is 523 g/mol. The minimum atomic E-state index is -3.46. The third-order valence-electron chi connectivity index (χ3n) is 7.22. The number of piperidine rings is 1. The van der Waals surface area contributed by atoms with Crippen molar-refractivity contribution in [2.45, 2.75) is 65.2 Å². The molecule has 8 nitrogen and oxygen atoms in total. The van der Waals surface area contributed by atoms with Crippen molar-refractivity contribution in [2.75, 3.05) is 67.9 Å². The first-order chi connectivity index (χ1) is 17.4. The number of morpholine rings is 1. The summed E-state index contributed by atoms with van der Waals surface area (Å²) >= 11 is 0. The highest BCUT2D eigenvalue weighted by Crippen LogP contribution is 2.29. The monoisotopic (exact) mass is 522 g/mol. The molecule has 9 heteroatoms. The van der Waals surface area contributed by atoms with Crippen LogP contribution in [0.4, 0.5) is 11.4 Å². The van der Waals surface area contributed by atoms with Crippen LogP contribution in [0.5, 0.6) is 0 Å². The van der Waals surface area contributed by atoms with E-state index in [1.54, 1.807) is 12.1 Å². The number of amides is 1. The number of rotatable bonds is 14. The lowest BCUT2D eigenvalue weighted by molar-refractivity contribution is 0.0383. The number of unbranched alkanes of at least 4 members (excludes halogenated alkanes) is 5. The van der Waals surface area contributed by atoms with Gasteiger partial charge in [0, 0.05) is 50.6 Å². The Hall–Kier alpha value is -1.84. The number of carbonyl (C=O) groups is 1. The Labute approximate surface area is 218 Å². The van der Waals surface area contributed by atoms with Gasteiger partial charge in [-0.2, -0.15) is 0 Å². The summed E-state index contributed by atoms with van der Waals surface area (Å²) in [5.41, 5.74) is 1.87. The summed E-state index contributed by atoms with van der Waals surface area (Å²) in [5, 5.41) is 3.06. The van der Waals surface area contributed by atoms with Crippen molar-refractivity contribution < 1.29 is 17.9 Å². The predicted molar refractivity (Wildman–Crippen MR) is 147 cm³/mol. The van der Waals surface area contributed by atoms with E-state index >= 15 is 0 Å². The van der Waals surface area contributed by atoms with Crippen molar-refractivity contribution in [3.8, 4) is 0 Å². The molecule has 1 aromatic rings. The number of nitrogens with one attached hydrogen (secondary N) is 2. The zero-order valence-electron chi connectivity index (χ0n) is 22.3. The number of nitrogens with zero attached hydrogens (tertiary/aromatic N) is 2. The van der Waals surface area contributed by atoms with Gasteiger partial charge in [-0.05, 0) is 43.4 Å². The Balaban J connectivity index is 1.64. The highest BCUT2D eigenvalue weighted by Gasteiger charge is 2.22. The van der Waals surface area contributed by atoms with Crippen LogP contribution in [-0.2, 0) is 14.8 Å². The molecule has 36 heavy (non-hydrogen) atoms. The van der Waals surface area contributed by atoms with Gasteiger partial charge in [0.2, 0.25) is 10.0 Å². The topological polar surface area (TPSA) is 91.0 Å². The third kappa shape index (κ3) is 9.56. The molecule has 0 aromatic heterocycles. The second kappa shape index (κ2) is 14.8. The highest BCUT2D eigenvalue weighted by molar-refractivity contribution is 7.92. The fourth-order valence-corrected chi connectivity index (χ4v) is 6.03. The van der Waals surface area contributed by atoms with Gasteiger partial charge in [0.05, 0.1) is 24.5 Å². The van der Waals surface area contributed by atoms with Crippen molar-refractivity contribution in [3.63, 3.8) is 0 Å². The van der Waals surface area contributed by atoms with Crippen LogP contribution in [0, 0.1) is 5.92 Å². The van der Waals surface area contributed by atoms with Crippen LogP contribution < -0.4 is 14.9 Å². The number of hydrogen-bond donors (Lipinski definition) is 2. The number of hydrogen-bond acceptors (Lipinski definition) is 6.